The van der Waals surface area contributed by atoms with Crippen LogP contribution in [0.2, 0.25) is 0 Å². The molecule has 0 saturated heterocycles. The highest BCUT2D eigenvalue weighted by Gasteiger charge is 2.30. The normalized spacial score (nSPS) is 14.6. The van der Waals surface area contributed by atoms with Crippen LogP contribution in [0.25, 0.3) is 43.6 Å². The SMILES string of the molecule is Nc1ccc2cc3cc4c(cc3nc2c1)CN1CN4Cc2cc3nc4cc(N)ccc4cc3cc21. The molecule has 4 N–H and O–H groups in total. The Balaban J connectivity index is 1.27. The number of fused-ring (bicyclic) bond motifs is 10. The molecule has 2 bridgehead atoms. The molecule has 8 rings (SSSR count). The highest BCUT2D eigenvalue weighted by atomic mass is 15.4. The van der Waals surface area contributed by atoms with Crippen LogP contribution in [0.3, 0.4) is 0 Å². The first-order valence-electron chi connectivity index (χ1n) is 11.8. The summed E-state index contributed by atoms with van der Waals surface area (Å²) in [6.45, 7) is 2.59. The summed E-state index contributed by atoms with van der Waals surface area (Å²) in [5.41, 5.74) is 22.6. The van der Waals surface area contributed by atoms with Crippen LogP contribution in [0.15, 0.2) is 72.8 Å². The van der Waals surface area contributed by atoms with E-state index in [0.29, 0.717) is 0 Å². The van der Waals surface area contributed by atoms with Gasteiger partial charge in [0.15, 0.2) is 0 Å². The van der Waals surface area contributed by atoms with Gasteiger partial charge in [0, 0.05) is 57.4 Å². The van der Waals surface area contributed by atoms with Gasteiger partial charge in [0.2, 0.25) is 0 Å². The molecule has 6 heteroatoms. The number of rotatable bonds is 0. The van der Waals surface area contributed by atoms with E-state index >= 15 is 0 Å². The van der Waals surface area contributed by atoms with E-state index in [4.69, 9.17) is 21.4 Å². The van der Waals surface area contributed by atoms with E-state index in [-0.39, 0.29) is 0 Å². The average molecular weight is 455 g/mol. The van der Waals surface area contributed by atoms with E-state index < -0.39 is 0 Å². The Morgan fingerprint density at radius 3 is 1.46 bits per heavy atom. The zero-order valence-electron chi connectivity index (χ0n) is 19.0. The molecule has 168 valence electrons. The topological polar surface area (TPSA) is 84.3 Å². The second kappa shape index (κ2) is 6.51. The van der Waals surface area contributed by atoms with Crippen LogP contribution in [-0.2, 0) is 13.1 Å². The summed E-state index contributed by atoms with van der Waals surface area (Å²) in [5, 5.41) is 4.53. The van der Waals surface area contributed by atoms with Gasteiger partial charge in [-0.2, -0.15) is 0 Å². The Kier molecular flexibility index (Phi) is 3.50. The van der Waals surface area contributed by atoms with Crippen molar-refractivity contribution in [3.05, 3.63) is 83.9 Å². The van der Waals surface area contributed by atoms with Gasteiger partial charge in [0.25, 0.3) is 0 Å². The number of anilines is 4. The Morgan fingerprint density at radius 1 is 0.514 bits per heavy atom. The number of nitrogens with zero attached hydrogens (tertiary/aromatic N) is 4. The minimum Gasteiger partial charge on any atom is -0.399 e. The van der Waals surface area contributed by atoms with E-state index in [2.05, 4.69) is 46.2 Å². The van der Waals surface area contributed by atoms with Crippen molar-refractivity contribution in [1.29, 1.82) is 0 Å². The Hall–Kier alpha value is -4.58. The lowest BCUT2D eigenvalue weighted by Gasteiger charge is -2.45. The summed E-state index contributed by atoms with van der Waals surface area (Å²) >= 11 is 0. The molecule has 0 fully saturated rings. The molecule has 0 atom stereocenters. The zero-order chi connectivity index (χ0) is 23.3. The number of benzene rings is 4. The van der Waals surface area contributed by atoms with Gasteiger partial charge in [0.1, 0.15) is 0 Å². The van der Waals surface area contributed by atoms with Gasteiger partial charge >= 0.3 is 0 Å². The molecule has 0 radical (unpaired) electrons. The van der Waals surface area contributed by atoms with E-state index in [9.17, 15) is 0 Å². The standard InChI is InChI=1S/C29H22N6/c30-22-3-1-16-5-18-9-28-20(7-24(18)32-26(16)11-22)13-35-15-34(28)14-21-8-25-19(10-29(21)35)6-17-2-4-23(31)12-27(17)33-25/h1-12H,13-15,30-31H2. The quantitative estimate of drug-likeness (QED) is 0.231. The number of nitrogens with two attached hydrogens (primary N) is 2. The van der Waals surface area contributed by atoms with Crippen molar-refractivity contribution in [2.24, 2.45) is 0 Å². The van der Waals surface area contributed by atoms with Crippen molar-refractivity contribution in [3.8, 4) is 0 Å². The monoisotopic (exact) mass is 454 g/mol. The molecular formula is C29H22N6. The first kappa shape index (κ1) is 18.8. The number of hydrogen-bond donors (Lipinski definition) is 2. The smallest absolute Gasteiger partial charge is 0.0910 e. The molecule has 2 aromatic heterocycles. The molecule has 4 aromatic carbocycles. The summed E-state index contributed by atoms with van der Waals surface area (Å²) in [7, 11) is 0. The van der Waals surface area contributed by atoms with Crippen molar-refractivity contribution in [3.63, 3.8) is 0 Å². The maximum absolute atomic E-state index is 6.00. The van der Waals surface area contributed by atoms with E-state index in [1.807, 2.05) is 36.4 Å². The Bertz CT molecular complexity index is 1740. The molecule has 0 aliphatic carbocycles. The third kappa shape index (κ3) is 2.77. The first-order valence-corrected chi connectivity index (χ1v) is 11.8. The van der Waals surface area contributed by atoms with Gasteiger partial charge in [-0.1, -0.05) is 12.1 Å². The second-order valence-electron chi connectivity index (χ2n) is 9.77. The second-order valence-corrected chi connectivity index (χ2v) is 9.77. The molecule has 2 aliphatic heterocycles. The van der Waals surface area contributed by atoms with Gasteiger partial charge in [-0.3, -0.25) is 0 Å². The van der Waals surface area contributed by atoms with E-state index in [0.717, 1.165) is 74.7 Å². The van der Waals surface area contributed by atoms with Crippen LogP contribution >= 0.6 is 0 Å². The average Bonchev–Trinajstić information content (AvgIpc) is 2.84. The summed E-state index contributed by atoms with van der Waals surface area (Å²) in [6, 6.07) is 25.4. The highest BCUT2D eigenvalue weighted by Crippen LogP contribution is 2.41. The fourth-order valence-electron chi connectivity index (χ4n) is 5.73. The number of hydrogen-bond acceptors (Lipinski definition) is 6. The molecule has 4 heterocycles. The van der Waals surface area contributed by atoms with E-state index in [1.54, 1.807) is 0 Å². The minimum atomic E-state index is 0.739. The van der Waals surface area contributed by atoms with Gasteiger partial charge in [-0.15, -0.1) is 0 Å². The van der Waals surface area contributed by atoms with Crippen LogP contribution in [0.5, 0.6) is 0 Å². The largest absolute Gasteiger partial charge is 0.399 e. The summed E-state index contributed by atoms with van der Waals surface area (Å²) in [5.74, 6) is 0. The van der Waals surface area contributed by atoms with Crippen LogP contribution in [0.1, 0.15) is 11.1 Å². The lowest BCUT2D eigenvalue weighted by atomic mass is 9.98. The third-order valence-electron chi connectivity index (χ3n) is 7.41. The lowest BCUT2D eigenvalue weighted by Crippen LogP contribution is -2.46. The van der Waals surface area contributed by atoms with Crippen LogP contribution in [-0.4, -0.2) is 16.6 Å². The molecular weight excluding hydrogens is 432 g/mol. The van der Waals surface area contributed by atoms with Gasteiger partial charge in [0.05, 0.1) is 28.7 Å². The van der Waals surface area contributed by atoms with Crippen LogP contribution in [0.4, 0.5) is 22.7 Å². The molecule has 6 aromatic rings. The lowest BCUT2D eigenvalue weighted by molar-refractivity contribution is 0.652. The molecule has 2 aliphatic rings. The molecule has 35 heavy (non-hydrogen) atoms. The molecule has 0 amide bonds. The molecule has 0 unspecified atom stereocenters. The maximum atomic E-state index is 6.00. The molecule has 0 saturated carbocycles. The Morgan fingerprint density at radius 2 is 0.971 bits per heavy atom. The van der Waals surface area contributed by atoms with Crippen molar-refractivity contribution in [1.82, 2.24) is 9.97 Å². The number of nitrogen functional groups attached to an aromatic ring is 2. The first-order chi connectivity index (χ1) is 17.1. The van der Waals surface area contributed by atoms with Gasteiger partial charge < -0.3 is 21.3 Å². The van der Waals surface area contributed by atoms with Gasteiger partial charge in [-0.05, 0) is 71.8 Å². The summed E-state index contributed by atoms with van der Waals surface area (Å²) in [4.78, 5) is 14.8. The van der Waals surface area contributed by atoms with Gasteiger partial charge in [-0.25, -0.2) is 9.97 Å². The Labute approximate surface area is 201 Å². The fourth-order valence-corrected chi connectivity index (χ4v) is 5.73. The third-order valence-corrected chi connectivity index (χ3v) is 7.41. The fraction of sp³-hybridized carbons (Fsp3) is 0.103. The molecule has 0 spiro atoms. The number of aromatic nitrogens is 2. The number of pyridine rings is 2. The van der Waals surface area contributed by atoms with Crippen LogP contribution < -0.4 is 21.3 Å². The van der Waals surface area contributed by atoms with Crippen molar-refractivity contribution in [2.75, 3.05) is 27.9 Å². The zero-order valence-corrected chi connectivity index (χ0v) is 19.0. The maximum Gasteiger partial charge on any atom is 0.0910 e. The van der Waals surface area contributed by atoms with Crippen molar-refractivity contribution >= 4 is 66.4 Å². The predicted octanol–water partition coefficient (Wildman–Crippen LogP) is 5.55. The predicted molar refractivity (Wildman–Crippen MR) is 145 cm³/mol. The van der Waals surface area contributed by atoms with Crippen LogP contribution in [0, 0.1) is 0 Å². The highest BCUT2D eigenvalue weighted by molar-refractivity contribution is 5.98. The summed E-state index contributed by atoms with van der Waals surface area (Å²) in [6.07, 6.45) is 0. The summed E-state index contributed by atoms with van der Waals surface area (Å²) < 4.78 is 0. The molecule has 6 nitrogen and oxygen atoms in total. The van der Waals surface area contributed by atoms with Crippen molar-refractivity contribution < 1.29 is 0 Å². The van der Waals surface area contributed by atoms with Crippen molar-refractivity contribution in [2.45, 2.75) is 13.1 Å². The minimum absolute atomic E-state index is 0.739. The van der Waals surface area contributed by atoms with E-state index in [1.165, 1.54) is 22.5 Å².